The van der Waals surface area contributed by atoms with Crippen molar-refractivity contribution in [2.75, 3.05) is 6.61 Å². The summed E-state index contributed by atoms with van der Waals surface area (Å²) in [5.74, 6) is -0.272. The summed E-state index contributed by atoms with van der Waals surface area (Å²) in [6.07, 6.45) is 0.446. The Morgan fingerprint density at radius 3 is 2.53 bits per heavy atom. The molecule has 4 heteroatoms. The summed E-state index contributed by atoms with van der Waals surface area (Å²) in [5.41, 5.74) is 5.70. The van der Waals surface area contributed by atoms with Crippen molar-refractivity contribution in [1.29, 1.82) is 0 Å². The van der Waals surface area contributed by atoms with Crippen molar-refractivity contribution in [1.82, 2.24) is 5.32 Å². The molecule has 0 heterocycles. The van der Waals surface area contributed by atoms with E-state index in [1.54, 1.807) is 0 Å². The maximum atomic E-state index is 11.9. The minimum Gasteiger partial charge on any atom is -0.352 e. The molecular weight excluding hydrogens is 216 g/mol. The van der Waals surface area contributed by atoms with Gasteiger partial charge in [0.2, 0.25) is 0 Å². The maximum absolute atomic E-state index is 11.9. The Balaban J connectivity index is 2.54. The van der Waals surface area contributed by atoms with Crippen LogP contribution in [0.2, 0.25) is 0 Å². The van der Waals surface area contributed by atoms with E-state index in [0.717, 1.165) is 5.56 Å². The van der Waals surface area contributed by atoms with Crippen molar-refractivity contribution in [2.45, 2.75) is 32.5 Å². The van der Waals surface area contributed by atoms with Gasteiger partial charge in [0.1, 0.15) is 0 Å². The molecule has 0 fully saturated rings. The standard InChI is InChI=1S/C13H20N2O2/c1-3-13(14,17-4-2)12(16)15-10-11-8-6-5-7-9-11/h5-9H,3-4,10,14H2,1-2H3,(H,15,16)/t13-/m0/s1. The fourth-order valence-electron chi connectivity index (χ4n) is 1.51. The topological polar surface area (TPSA) is 64.3 Å². The molecule has 0 spiro atoms. The summed E-state index contributed by atoms with van der Waals surface area (Å²) >= 11 is 0. The van der Waals surface area contributed by atoms with E-state index in [9.17, 15) is 4.79 Å². The fraction of sp³-hybridized carbons (Fsp3) is 0.462. The lowest BCUT2D eigenvalue weighted by atomic mass is 10.1. The Labute approximate surface area is 102 Å². The molecule has 1 aromatic rings. The van der Waals surface area contributed by atoms with Gasteiger partial charge < -0.3 is 10.1 Å². The van der Waals surface area contributed by atoms with Gasteiger partial charge in [-0.15, -0.1) is 0 Å². The molecule has 1 amide bonds. The summed E-state index contributed by atoms with van der Waals surface area (Å²) in [7, 11) is 0. The molecular formula is C13H20N2O2. The normalized spacial score (nSPS) is 14.1. The van der Waals surface area contributed by atoms with E-state index in [1.165, 1.54) is 0 Å². The zero-order valence-electron chi connectivity index (χ0n) is 10.4. The van der Waals surface area contributed by atoms with Gasteiger partial charge in [-0.1, -0.05) is 37.3 Å². The number of benzene rings is 1. The maximum Gasteiger partial charge on any atom is 0.267 e. The van der Waals surface area contributed by atoms with E-state index in [4.69, 9.17) is 10.5 Å². The lowest BCUT2D eigenvalue weighted by molar-refractivity contribution is -0.146. The highest BCUT2D eigenvalue weighted by Crippen LogP contribution is 2.09. The minimum atomic E-state index is -1.22. The van der Waals surface area contributed by atoms with Crippen LogP contribution in [0.5, 0.6) is 0 Å². The molecule has 17 heavy (non-hydrogen) atoms. The predicted molar refractivity (Wildman–Crippen MR) is 67.1 cm³/mol. The van der Waals surface area contributed by atoms with Gasteiger partial charge in [0.05, 0.1) is 0 Å². The summed E-state index contributed by atoms with van der Waals surface area (Å²) in [4.78, 5) is 11.9. The number of ether oxygens (including phenoxy) is 1. The highest BCUT2D eigenvalue weighted by molar-refractivity contribution is 5.84. The largest absolute Gasteiger partial charge is 0.352 e. The van der Waals surface area contributed by atoms with E-state index in [0.29, 0.717) is 19.6 Å². The van der Waals surface area contributed by atoms with Gasteiger partial charge in [-0.2, -0.15) is 0 Å². The molecule has 0 unspecified atom stereocenters. The molecule has 0 radical (unpaired) electrons. The number of nitrogens with two attached hydrogens (primary N) is 1. The number of hydrogen-bond donors (Lipinski definition) is 2. The van der Waals surface area contributed by atoms with Crippen molar-refractivity contribution in [3.05, 3.63) is 35.9 Å². The van der Waals surface area contributed by atoms with Crippen LogP contribution < -0.4 is 11.1 Å². The summed E-state index contributed by atoms with van der Waals surface area (Å²) < 4.78 is 5.29. The molecule has 0 bridgehead atoms. The Kier molecular flexibility index (Phi) is 5.12. The molecule has 1 aromatic carbocycles. The Bertz CT molecular complexity index is 354. The van der Waals surface area contributed by atoms with Crippen LogP contribution in [-0.2, 0) is 16.1 Å². The van der Waals surface area contributed by atoms with Gasteiger partial charge in [-0.25, -0.2) is 0 Å². The monoisotopic (exact) mass is 236 g/mol. The van der Waals surface area contributed by atoms with E-state index in [1.807, 2.05) is 44.2 Å². The minimum absolute atomic E-state index is 0.272. The molecule has 0 aliphatic heterocycles. The second kappa shape index (κ2) is 6.37. The number of amides is 1. The number of nitrogens with one attached hydrogen (secondary N) is 1. The Morgan fingerprint density at radius 1 is 1.35 bits per heavy atom. The molecule has 0 saturated heterocycles. The first-order valence-electron chi connectivity index (χ1n) is 5.87. The van der Waals surface area contributed by atoms with Crippen LogP contribution in [0.1, 0.15) is 25.8 Å². The number of carbonyl (C=O) groups is 1. The smallest absolute Gasteiger partial charge is 0.267 e. The second-order valence-electron chi connectivity index (χ2n) is 3.84. The summed E-state index contributed by atoms with van der Waals surface area (Å²) in [5, 5.41) is 2.79. The highest BCUT2D eigenvalue weighted by Gasteiger charge is 2.32. The first-order chi connectivity index (χ1) is 8.12. The molecule has 0 aliphatic rings. The van der Waals surface area contributed by atoms with E-state index in [-0.39, 0.29) is 5.91 Å². The molecule has 1 rings (SSSR count). The van der Waals surface area contributed by atoms with E-state index < -0.39 is 5.72 Å². The SMILES string of the molecule is CCO[C@@](N)(CC)C(=O)NCc1ccccc1. The molecule has 0 aliphatic carbocycles. The van der Waals surface area contributed by atoms with Crippen LogP contribution in [0.15, 0.2) is 30.3 Å². The molecule has 94 valence electrons. The number of rotatable bonds is 6. The fourth-order valence-corrected chi connectivity index (χ4v) is 1.51. The van der Waals surface area contributed by atoms with Gasteiger partial charge >= 0.3 is 0 Å². The number of carbonyl (C=O) groups excluding carboxylic acids is 1. The van der Waals surface area contributed by atoms with Crippen molar-refractivity contribution in [3.8, 4) is 0 Å². The molecule has 0 aromatic heterocycles. The average Bonchev–Trinajstić information content (AvgIpc) is 2.37. The lowest BCUT2D eigenvalue weighted by Gasteiger charge is -2.26. The summed E-state index contributed by atoms with van der Waals surface area (Å²) in [6.45, 7) is 4.54. The zero-order valence-corrected chi connectivity index (χ0v) is 10.4. The van der Waals surface area contributed by atoms with Gasteiger partial charge in [0, 0.05) is 13.2 Å². The zero-order chi connectivity index (χ0) is 12.7. The van der Waals surface area contributed by atoms with Crippen LogP contribution in [0.25, 0.3) is 0 Å². The summed E-state index contributed by atoms with van der Waals surface area (Å²) in [6, 6.07) is 9.69. The van der Waals surface area contributed by atoms with Crippen LogP contribution in [0.3, 0.4) is 0 Å². The molecule has 4 nitrogen and oxygen atoms in total. The van der Waals surface area contributed by atoms with Crippen LogP contribution in [0, 0.1) is 0 Å². The molecule has 1 atom stereocenters. The van der Waals surface area contributed by atoms with E-state index >= 15 is 0 Å². The second-order valence-corrected chi connectivity index (χ2v) is 3.84. The quantitative estimate of drug-likeness (QED) is 0.734. The van der Waals surface area contributed by atoms with Crippen LogP contribution in [0.4, 0.5) is 0 Å². The third-order valence-electron chi connectivity index (χ3n) is 2.61. The highest BCUT2D eigenvalue weighted by atomic mass is 16.5. The first kappa shape index (κ1) is 13.7. The van der Waals surface area contributed by atoms with Crippen molar-refractivity contribution in [3.63, 3.8) is 0 Å². The van der Waals surface area contributed by atoms with Gasteiger partial charge in [0.15, 0.2) is 5.72 Å². The van der Waals surface area contributed by atoms with Crippen LogP contribution >= 0.6 is 0 Å². The van der Waals surface area contributed by atoms with Crippen LogP contribution in [-0.4, -0.2) is 18.2 Å². The third-order valence-corrected chi connectivity index (χ3v) is 2.61. The lowest BCUT2D eigenvalue weighted by Crippen LogP contribution is -2.55. The third kappa shape index (κ3) is 3.84. The van der Waals surface area contributed by atoms with E-state index in [2.05, 4.69) is 5.32 Å². The van der Waals surface area contributed by atoms with Gasteiger partial charge in [0.25, 0.3) is 5.91 Å². The molecule has 3 N–H and O–H groups in total. The Morgan fingerprint density at radius 2 is 2.00 bits per heavy atom. The first-order valence-corrected chi connectivity index (χ1v) is 5.87. The van der Waals surface area contributed by atoms with Crippen molar-refractivity contribution >= 4 is 5.91 Å². The van der Waals surface area contributed by atoms with Crippen molar-refractivity contribution < 1.29 is 9.53 Å². The average molecular weight is 236 g/mol. The molecule has 0 saturated carbocycles. The van der Waals surface area contributed by atoms with Gasteiger partial charge in [-0.3, -0.25) is 10.5 Å². The Hall–Kier alpha value is -1.39. The van der Waals surface area contributed by atoms with Gasteiger partial charge in [-0.05, 0) is 18.9 Å². The predicted octanol–water partition coefficient (Wildman–Crippen LogP) is 1.40. The number of hydrogen-bond acceptors (Lipinski definition) is 3. The van der Waals surface area contributed by atoms with Crippen molar-refractivity contribution in [2.24, 2.45) is 5.73 Å².